The van der Waals surface area contributed by atoms with Gasteiger partial charge in [0.1, 0.15) is 6.10 Å². The van der Waals surface area contributed by atoms with Crippen molar-refractivity contribution in [3.8, 4) is 0 Å². The number of fused-ring (bicyclic) bond motifs is 2. The second-order valence-corrected chi connectivity index (χ2v) is 11.2. The first-order valence-electron chi connectivity index (χ1n) is 14.2. The van der Waals surface area contributed by atoms with E-state index in [2.05, 4.69) is 11.9 Å². The number of allylic oxidation sites excluding steroid dienone is 6. The number of rotatable bonds is 5. The highest BCUT2D eigenvalue weighted by molar-refractivity contribution is 6.23. The number of aliphatic hydroxyl groups is 1. The zero-order valence-corrected chi connectivity index (χ0v) is 25.4. The molecule has 0 radical (unpaired) electrons. The quantitative estimate of drug-likeness (QED) is 0.277. The Balaban J connectivity index is 2.59. The van der Waals surface area contributed by atoms with E-state index in [1.165, 1.54) is 20.1 Å². The van der Waals surface area contributed by atoms with Gasteiger partial charge in [-0.05, 0) is 51.0 Å². The van der Waals surface area contributed by atoms with E-state index in [1.54, 1.807) is 25.2 Å². The lowest BCUT2D eigenvalue weighted by molar-refractivity contribution is -0.146. The fraction of sp³-hybridized carbons (Fsp3) is 0.515. The van der Waals surface area contributed by atoms with Gasteiger partial charge in [-0.1, -0.05) is 51.2 Å². The van der Waals surface area contributed by atoms with Crippen molar-refractivity contribution in [2.24, 2.45) is 17.8 Å². The predicted molar refractivity (Wildman–Crippen MR) is 158 cm³/mol. The minimum atomic E-state index is -0.874. The second kappa shape index (κ2) is 15.6. The molecule has 8 nitrogen and oxygen atoms in total. The molecule has 0 saturated heterocycles. The van der Waals surface area contributed by atoms with E-state index >= 15 is 0 Å². The number of hydrogen-bond acceptors (Lipinski definition) is 7. The molecule has 1 amide bonds. The van der Waals surface area contributed by atoms with Gasteiger partial charge in [0, 0.05) is 48.7 Å². The van der Waals surface area contributed by atoms with Gasteiger partial charge in [0.25, 0.3) is 5.91 Å². The van der Waals surface area contributed by atoms with Crippen molar-refractivity contribution in [1.82, 2.24) is 5.32 Å². The summed E-state index contributed by atoms with van der Waals surface area (Å²) in [4.78, 5) is 51.5. The maximum Gasteiger partial charge on any atom is 0.303 e. The first kappa shape index (κ1) is 33.8. The number of amides is 1. The number of methoxy groups -OCH3 is 1. The third-order valence-electron chi connectivity index (χ3n) is 7.58. The third kappa shape index (κ3) is 9.33. The number of esters is 1. The monoisotopic (exact) mass is 567 g/mol. The van der Waals surface area contributed by atoms with Crippen molar-refractivity contribution in [1.29, 1.82) is 0 Å². The molecule has 0 aromatic rings. The van der Waals surface area contributed by atoms with Crippen LogP contribution in [0.2, 0.25) is 0 Å². The van der Waals surface area contributed by atoms with Crippen LogP contribution in [0.15, 0.2) is 71.0 Å². The number of Topliss-reactive ketones (excluding diaryl/α,β-unsaturated/α-hetero) is 1. The fourth-order valence-corrected chi connectivity index (χ4v) is 5.28. The standard InChI is InChI=1S/C33H45NO7/c1-9-10-14-25-26-15-19(2)16-29(40-8)30(37)22(5)17-23(6)32(41-24(7)35)20(3)12-11-13-21(4)33(39)34-27(31(26)38)18-28(25)36/h9,11-13,17-20,22,29-30,32,37H,1,10,14-16H2,2-8H3,(H,34,39)/b12-11-,21-13+,23-17+/t19-,20+,22+,29+,30-,32-/m1/s1. The third-order valence-corrected chi connectivity index (χ3v) is 7.58. The number of aliphatic hydroxyl groups excluding tert-OH is 1. The van der Waals surface area contributed by atoms with E-state index in [0.717, 1.165) is 5.57 Å². The molecule has 0 unspecified atom stereocenters. The normalized spacial score (nSPS) is 32.2. The van der Waals surface area contributed by atoms with Crippen molar-refractivity contribution in [2.45, 2.75) is 85.5 Å². The Kier molecular flexibility index (Phi) is 12.9. The van der Waals surface area contributed by atoms with Crippen LogP contribution in [-0.2, 0) is 28.7 Å². The van der Waals surface area contributed by atoms with Gasteiger partial charge in [-0.3, -0.25) is 19.2 Å². The van der Waals surface area contributed by atoms with Gasteiger partial charge in [-0.25, -0.2) is 0 Å². The van der Waals surface area contributed by atoms with Crippen LogP contribution < -0.4 is 5.32 Å². The summed E-state index contributed by atoms with van der Waals surface area (Å²) in [5, 5.41) is 13.9. The zero-order valence-electron chi connectivity index (χ0n) is 25.4. The van der Waals surface area contributed by atoms with E-state index in [0.29, 0.717) is 36.0 Å². The van der Waals surface area contributed by atoms with Crippen LogP contribution in [0.5, 0.6) is 0 Å². The molecule has 224 valence electrons. The molecule has 0 fully saturated rings. The number of carbonyl (C=O) groups excluding carboxylic acids is 4. The Morgan fingerprint density at radius 3 is 2.46 bits per heavy atom. The summed E-state index contributed by atoms with van der Waals surface area (Å²) in [6.07, 6.45) is 9.51. The van der Waals surface area contributed by atoms with Crippen molar-refractivity contribution in [3.63, 3.8) is 0 Å². The lowest BCUT2D eigenvalue weighted by Crippen LogP contribution is -2.36. The molecule has 1 aliphatic heterocycles. The van der Waals surface area contributed by atoms with Gasteiger partial charge in [-0.2, -0.15) is 0 Å². The molecular formula is C33H45NO7. The summed E-state index contributed by atoms with van der Waals surface area (Å²) in [7, 11) is 1.53. The minimum absolute atomic E-state index is 0.0562. The SMILES string of the molecule is C=CCCC1=C2C[C@@H](C)C[C@H](OC)[C@H](O)[C@@H](C)/C=C(\C)[C@H](OC(C)=O)[C@@H](C)/C=C\C=C(/C)C(=O)NC(=CC1=O)C2=O. The molecule has 2 aliphatic rings. The Labute approximate surface area is 243 Å². The van der Waals surface area contributed by atoms with Gasteiger partial charge in [0.15, 0.2) is 5.78 Å². The largest absolute Gasteiger partial charge is 0.457 e. The number of carbonyl (C=O) groups is 4. The molecule has 2 rings (SSSR count). The molecule has 2 bridgehead atoms. The molecule has 8 heteroatoms. The summed E-state index contributed by atoms with van der Waals surface area (Å²) < 4.78 is 11.3. The Hall–Kier alpha value is -3.36. The van der Waals surface area contributed by atoms with Crippen molar-refractivity contribution in [3.05, 3.63) is 71.0 Å². The maximum absolute atomic E-state index is 13.6. The summed E-state index contributed by atoms with van der Waals surface area (Å²) in [5.74, 6) is -2.32. The van der Waals surface area contributed by atoms with Crippen LogP contribution in [0.3, 0.4) is 0 Å². The van der Waals surface area contributed by atoms with E-state index < -0.39 is 30.2 Å². The molecule has 0 spiro atoms. The molecule has 0 aromatic heterocycles. The topological polar surface area (TPSA) is 119 Å². The number of nitrogens with one attached hydrogen (secondary N) is 1. The van der Waals surface area contributed by atoms with E-state index in [1.807, 2.05) is 39.8 Å². The predicted octanol–water partition coefficient (Wildman–Crippen LogP) is 4.86. The molecule has 0 saturated carbocycles. The van der Waals surface area contributed by atoms with Crippen molar-refractivity contribution >= 4 is 23.4 Å². The fourth-order valence-electron chi connectivity index (χ4n) is 5.28. The second-order valence-electron chi connectivity index (χ2n) is 11.2. The van der Waals surface area contributed by atoms with Gasteiger partial charge in [0.2, 0.25) is 5.78 Å². The summed E-state index contributed by atoms with van der Waals surface area (Å²) in [6, 6.07) is 0. The maximum atomic E-state index is 13.6. The summed E-state index contributed by atoms with van der Waals surface area (Å²) in [5.41, 5.74) is 1.85. The molecule has 41 heavy (non-hydrogen) atoms. The van der Waals surface area contributed by atoms with Crippen LogP contribution in [0.1, 0.15) is 67.2 Å². The highest BCUT2D eigenvalue weighted by Gasteiger charge is 2.32. The van der Waals surface area contributed by atoms with Crippen molar-refractivity contribution < 1.29 is 33.8 Å². The highest BCUT2D eigenvalue weighted by atomic mass is 16.5. The van der Waals surface area contributed by atoms with Crippen LogP contribution in [0.4, 0.5) is 0 Å². The van der Waals surface area contributed by atoms with E-state index in [9.17, 15) is 24.3 Å². The van der Waals surface area contributed by atoms with Gasteiger partial charge in [-0.15, -0.1) is 6.58 Å². The average Bonchev–Trinajstić information content (AvgIpc) is 2.91. The van der Waals surface area contributed by atoms with E-state index in [4.69, 9.17) is 9.47 Å². The van der Waals surface area contributed by atoms with Gasteiger partial charge < -0.3 is 19.9 Å². The molecule has 0 aromatic carbocycles. The van der Waals surface area contributed by atoms with Gasteiger partial charge >= 0.3 is 5.97 Å². The lowest BCUT2D eigenvalue weighted by Gasteiger charge is -2.30. The average molecular weight is 568 g/mol. The van der Waals surface area contributed by atoms with Crippen LogP contribution in [0, 0.1) is 17.8 Å². The Morgan fingerprint density at radius 1 is 1.17 bits per heavy atom. The summed E-state index contributed by atoms with van der Waals surface area (Å²) in [6.45, 7) is 14.3. The molecular weight excluding hydrogens is 522 g/mol. The Bertz CT molecular complexity index is 1190. The molecule has 1 heterocycles. The highest BCUT2D eigenvalue weighted by Crippen LogP contribution is 2.31. The molecule has 6 atom stereocenters. The van der Waals surface area contributed by atoms with Crippen molar-refractivity contribution in [2.75, 3.05) is 7.11 Å². The Morgan fingerprint density at radius 2 is 1.85 bits per heavy atom. The van der Waals surface area contributed by atoms with Gasteiger partial charge in [0.05, 0.1) is 17.9 Å². The smallest absolute Gasteiger partial charge is 0.303 e. The first-order chi connectivity index (χ1) is 19.3. The zero-order chi connectivity index (χ0) is 30.9. The number of ketones is 2. The molecule has 2 N–H and O–H groups in total. The van der Waals surface area contributed by atoms with Crippen LogP contribution >= 0.6 is 0 Å². The number of hydrogen-bond donors (Lipinski definition) is 2. The van der Waals surface area contributed by atoms with Crippen LogP contribution in [0.25, 0.3) is 0 Å². The first-order valence-corrected chi connectivity index (χ1v) is 14.2. The lowest BCUT2D eigenvalue weighted by atomic mass is 9.82. The summed E-state index contributed by atoms with van der Waals surface area (Å²) >= 11 is 0. The molecule has 1 aliphatic carbocycles. The van der Waals surface area contributed by atoms with Crippen LogP contribution in [-0.4, -0.2) is 54.0 Å². The van der Waals surface area contributed by atoms with E-state index in [-0.39, 0.29) is 41.4 Å². The number of ether oxygens (including phenoxy) is 2. The minimum Gasteiger partial charge on any atom is -0.457 e.